The van der Waals surface area contributed by atoms with Gasteiger partial charge in [0.2, 0.25) is 0 Å². The number of rotatable bonds is 3. The second kappa shape index (κ2) is 5.25. The molecule has 0 bridgehead atoms. The maximum atomic E-state index is 12.0. The van der Waals surface area contributed by atoms with Gasteiger partial charge in [0, 0.05) is 13.0 Å². The molecular weight excluding hydrogens is 258 g/mol. The Morgan fingerprint density at radius 2 is 2.28 bits per heavy atom. The monoisotopic (exact) mass is 273 g/mol. The third-order valence-electron chi connectivity index (χ3n) is 2.96. The summed E-state index contributed by atoms with van der Waals surface area (Å²) in [5.74, 6) is 0. The van der Waals surface area contributed by atoms with Crippen LogP contribution in [0, 0.1) is 0 Å². The Morgan fingerprint density at radius 1 is 1.56 bits per heavy atom. The molecule has 1 saturated heterocycles. The van der Waals surface area contributed by atoms with E-state index in [1.54, 1.807) is 6.92 Å². The molecular formula is C10H15N3O4S. The van der Waals surface area contributed by atoms with Crippen LogP contribution in [-0.2, 0) is 6.54 Å². The molecule has 1 aliphatic rings. The molecule has 0 aromatic carbocycles. The van der Waals surface area contributed by atoms with E-state index >= 15 is 0 Å². The van der Waals surface area contributed by atoms with Crippen LogP contribution in [0.1, 0.15) is 18.7 Å². The van der Waals surface area contributed by atoms with Crippen molar-refractivity contribution in [2.24, 2.45) is 0 Å². The number of nitrogens with zero attached hydrogens (tertiary/aromatic N) is 3. The first kappa shape index (κ1) is 13.3. The standard InChI is InChI=1S/C10H15N3O4S/c1-2-12-8(16)4-11-13(10(12)17)9-3-6(15)7(5-14)18-9/h4,6-7,9,14-15H,2-3,5H2,1H3/t6-,7+,9+/m0/s1. The van der Waals surface area contributed by atoms with Gasteiger partial charge in [-0.25, -0.2) is 9.48 Å². The Kier molecular flexibility index (Phi) is 3.88. The van der Waals surface area contributed by atoms with Crippen LogP contribution in [0.5, 0.6) is 0 Å². The summed E-state index contributed by atoms with van der Waals surface area (Å²) in [6.07, 6.45) is 0.773. The number of aliphatic hydroxyl groups excluding tert-OH is 2. The number of hydrogen-bond donors (Lipinski definition) is 2. The average Bonchev–Trinajstić information content (AvgIpc) is 2.71. The van der Waals surface area contributed by atoms with Crippen molar-refractivity contribution >= 4 is 11.8 Å². The van der Waals surface area contributed by atoms with Crippen LogP contribution in [-0.4, -0.2) is 42.5 Å². The number of thioether (sulfide) groups is 1. The second-order valence-electron chi connectivity index (χ2n) is 4.07. The molecule has 8 heteroatoms. The zero-order chi connectivity index (χ0) is 13.3. The van der Waals surface area contributed by atoms with Crippen LogP contribution in [0.2, 0.25) is 0 Å². The molecule has 0 amide bonds. The molecule has 3 atom stereocenters. The van der Waals surface area contributed by atoms with Gasteiger partial charge in [0.05, 0.1) is 18.0 Å². The van der Waals surface area contributed by atoms with Crippen molar-refractivity contribution in [3.63, 3.8) is 0 Å². The molecule has 0 unspecified atom stereocenters. The largest absolute Gasteiger partial charge is 0.395 e. The van der Waals surface area contributed by atoms with E-state index in [1.807, 2.05) is 0 Å². The summed E-state index contributed by atoms with van der Waals surface area (Å²) in [7, 11) is 0. The molecule has 1 aliphatic heterocycles. The number of hydrogen-bond acceptors (Lipinski definition) is 6. The minimum absolute atomic E-state index is 0.148. The Morgan fingerprint density at radius 3 is 2.83 bits per heavy atom. The number of aliphatic hydroxyl groups is 2. The molecule has 0 saturated carbocycles. The van der Waals surface area contributed by atoms with Gasteiger partial charge in [0.25, 0.3) is 5.56 Å². The first-order valence-corrected chi connectivity index (χ1v) is 6.65. The fourth-order valence-corrected chi connectivity index (χ4v) is 3.32. The molecule has 0 spiro atoms. The predicted octanol–water partition coefficient (Wildman–Crippen LogP) is -1.22. The van der Waals surface area contributed by atoms with Crippen molar-refractivity contribution < 1.29 is 10.2 Å². The topological polar surface area (TPSA) is 97.3 Å². The lowest BCUT2D eigenvalue weighted by Gasteiger charge is -2.12. The van der Waals surface area contributed by atoms with Gasteiger partial charge >= 0.3 is 5.69 Å². The van der Waals surface area contributed by atoms with Crippen molar-refractivity contribution in [1.82, 2.24) is 14.3 Å². The maximum absolute atomic E-state index is 12.0. The number of aromatic nitrogens is 3. The molecule has 1 aromatic rings. The van der Waals surface area contributed by atoms with Gasteiger partial charge in [0.15, 0.2) is 0 Å². The third-order valence-corrected chi connectivity index (χ3v) is 4.48. The minimum Gasteiger partial charge on any atom is -0.395 e. The van der Waals surface area contributed by atoms with Crippen molar-refractivity contribution in [2.45, 2.75) is 36.6 Å². The Balaban J connectivity index is 2.36. The lowest BCUT2D eigenvalue weighted by molar-refractivity contribution is 0.136. The van der Waals surface area contributed by atoms with E-state index in [0.29, 0.717) is 6.42 Å². The van der Waals surface area contributed by atoms with Crippen LogP contribution >= 0.6 is 11.8 Å². The lowest BCUT2D eigenvalue weighted by atomic mass is 10.2. The van der Waals surface area contributed by atoms with E-state index in [1.165, 1.54) is 16.4 Å². The molecule has 2 heterocycles. The highest BCUT2D eigenvalue weighted by atomic mass is 32.2. The van der Waals surface area contributed by atoms with E-state index < -0.39 is 17.4 Å². The fraction of sp³-hybridized carbons (Fsp3) is 0.700. The molecule has 2 N–H and O–H groups in total. The van der Waals surface area contributed by atoms with Gasteiger partial charge in [-0.1, -0.05) is 0 Å². The van der Waals surface area contributed by atoms with Gasteiger partial charge < -0.3 is 10.2 Å². The first-order chi connectivity index (χ1) is 8.58. The summed E-state index contributed by atoms with van der Waals surface area (Å²) >= 11 is 1.30. The van der Waals surface area contributed by atoms with Gasteiger partial charge in [-0.2, -0.15) is 5.10 Å². The molecule has 0 radical (unpaired) electrons. The SMILES string of the molecule is CCn1c(=O)cnn([C@H]2C[C@H](O)[C@@H](CO)S2)c1=O. The van der Waals surface area contributed by atoms with Crippen molar-refractivity contribution in [3.8, 4) is 0 Å². The van der Waals surface area contributed by atoms with Crippen LogP contribution < -0.4 is 11.2 Å². The summed E-state index contributed by atoms with van der Waals surface area (Å²) in [6, 6.07) is 0. The van der Waals surface area contributed by atoms with Crippen LogP contribution in [0.25, 0.3) is 0 Å². The summed E-state index contributed by atoms with van der Waals surface area (Å²) in [6.45, 7) is 1.84. The van der Waals surface area contributed by atoms with Gasteiger partial charge in [0.1, 0.15) is 11.6 Å². The summed E-state index contributed by atoms with van der Waals surface area (Å²) in [5, 5.41) is 21.9. The summed E-state index contributed by atoms with van der Waals surface area (Å²) < 4.78 is 2.29. The van der Waals surface area contributed by atoms with Crippen molar-refractivity contribution in [3.05, 3.63) is 27.0 Å². The Labute approximate surface area is 107 Å². The molecule has 18 heavy (non-hydrogen) atoms. The Hall–Kier alpha value is -1.12. The summed E-state index contributed by atoms with van der Waals surface area (Å²) in [4.78, 5) is 23.4. The smallest absolute Gasteiger partial charge is 0.348 e. The van der Waals surface area contributed by atoms with E-state index in [-0.39, 0.29) is 23.8 Å². The lowest BCUT2D eigenvalue weighted by Crippen LogP contribution is -2.41. The fourth-order valence-electron chi connectivity index (χ4n) is 1.97. The molecule has 7 nitrogen and oxygen atoms in total. The third kappa shape index (κ3) is 2.23. The normalized spacial score (nSPS) is 27.6. The highest BCUT2D eigenvalue weighted by molar-refractivity contribution is 8.00. The van der Waals surface area contributed by atoms with Crippen LogP contribution in [0.15, 0.2) is 15.8 Å². The Bertz CT molecular complexity index is 541. The zero-order valence-electron chi connectivity index (χ0n) is 9.89. The summed E-state index contributed by atoms with van der Waals surface area (Å²) in [5.41, 5.74) is -0.908. The second-order valence-corrected chi connectivity index (χ2v) is 5.49. The molecule has 2 rings (SSSR count). The predicted molar refractivity (Wildman–Crippen MR) is 66.6 cm³/mol. The average molecular weight is 273 g/mol. The van der Waals surface area contributed by atoms with Gasteiger partial charge in [-0.15, -0.1) is 11.8 Å². The van der Waals surface area contributed by atoms with Gasteiger partial charge in [-0.3, -0.25) is 9.36 Å². The molecule has 1 fully saturated rings. The first-order valence-electron chi connectivity index (χ1n) is 5.71. The van der Waals surface area contributed by atoms with Crippen molar-refractivity contribution in [1.29, 1.82) is 0 Å². The van der Waals surface area contributed by atoms with Crippen molar-refractivity contribution in [2.75, 3.05) is 6.61 Å². The molecule has 1 aromatic heterocycles. The van der Waals surface area contributed by atoms with E-state index in [0.717, 1.165) is 10.8 Å². The quantitative estimate of drug-likeness (QED) is 0.716. The highest BCUT2D eigenvalue weighted by Crippen LogP contribution is 2.39. The van der Waals surface area contributed by atoms with Crippen LogP contribution in [0.4, 0.5) is 0 Å². The maximum Gasteiger partial charge on any atom is 0.348 e. The molecule has 100 valence electrons. The van der Waals surface area contributed by atoms with E-state index in [9.17, 15) is 14.7 Å². The van der Waals surface area contributed by atoms with Crippen LogP contribution in [0.3, 0.4) is 0 Å². The molecule has 0 aliphatic carbocycles. The van der Waals surface area contributed by atoms with E-state index in [4.69, 9.17) is 5.11 Å². The zero-order valence-corrected chi connectivity index (χ0v) is 10.7. The minimum atomic E-state index is -0.666. The van der Waals surface area contributed by atoms with Gasteiger partial charge in [-0.05, 0) is 6.92 Å². The van der Waals surface area contributed by atoms with E-state index in [2.05, 4.69) is 5.10 Å². The highest BCUT2D eigenvalue weighted by Gasteiger charge is 2.35.